The van der Waals surface area contributed by atoms with Gasteiger partial charge in [0.1, 0.15) is 11.7 Å². The minimum Gasteiger partial charge on any atom is -0.468 e. The third-order valence-electron chi connectivity index (χ3n) is 5.29. The first kappa shape index (κ1) is 17.3. The van der Waals surface area contributed by atoms with Crippen LogP contribution in [-0.4, -0.2) is 30.4 Å². The third kappa shape index (κ3) is 2.35. The molecule has 1 spiro atoms. The number of halogens is 3. The van der Waals surface area contributed by atoms with E-state index in [1.165, 1.54) is 13.2 Å². The van der Waals surface area contributed by atoms with Gasteiger partial charge in [0, 0.05) is 22.4 Å². The molecule has 1 aromatic rings. The molecule has 1 saturated carbocycles. The molecule has 3 rings (SSSR count). The molecule has 1 N–H and O–H groups in total. The average Bonchev–Trinajstić information content (AvgIpc) is 2.78. The Kier molecular flexibility index (Phi) is 4.16. The lowest BCUT2D eigenvalue weighted by atomic mass is 9.66. The molecule has 2 aliphatic carbocycles. The van der Waals surface area contributed by atoms with Crippen LogP contribution in [-0.2, 0) is 25.3 Å². The monoisotopic (exact) mass is 358 g/mol. The van der Waals surface area contributed by atoms with Gasteiger partial charge in [0.2, 0.25) is 0 Å². The molecule has 0 saturated heterocycles. The first-order valence-electron chi connectivity index (χ1n) is 7.66. The van der Waals surface area contributed by atoms with Crippen LogP contribution in [0.15, 0.2) is 18.2 Å². The Hall–Kier alpha value is -1.53. The first-order valence-corrected chi connectivity index (χ1v) is 8.03. The maximum absolute atomic E-state index is 13.6. The van der Waals surface area contributed by atoms with Crippen molar-refractivity contribution in [2.24, 2.45) is 5.92 Å². The molecule has 0 amide bonds. The van der Waals surface area contributed by atoms with E-state index in [0.29, 0.717) is 12.0 Å². The van der Waals surface area contributed by atoms with Crippen LogP contribution in [0.2, 0.25) is 5.02 Å². The van der Waals surface area contributed by atoms with E-state index in [4.69, 9.17) is 11.6 Å². The molecule has 4 nitrogen and oxygen atoms in total. The zero-order valence-corrected chi connectivity index (χ0v) is 13.8. The molecule has 2 aliphatic rings. The largest absolute Gasteiger partial charge is 0.468 e. The molecule has 1 fully saturated rings. The summed E-state index contributed by atoms with van der Waals surface area (Å²) >= 11 is 6.09. The number of alkyl halides is 2. The van der Waals surface area contributed by atoms with Gasteiger partial charge in [-0.2, -0.15) is 0 Å². The molecule has 3 atom stereocenters. The Bertz CT molecular complexity index is 708. The van der Waals surface area contributed by atoms with Crippen molar-refractivity contribution in [2.45, 2.75) is 43.1 Å². The van der Waals surface area contributed by atoms with E-state index in [1.54, 1.807) is 12.1 Å². The van der Waals surface area contributed by atoms with E-state index in [0.717, 1.165) is 0 Å². The van der Waals surface area contributed by atoms with E-state index in [-0.39, 0.29) is 35.6 Å². The number of hydrogen-bond acceptors (Lipinski definition) is 4. The SMILES string of the molecule is COC(=O)C1CC[C@]2(CC1=O)CC(O)(C(F)F)c1c(Cl)cccc12. The van der Waals surface area contributed by atoms with Crippen molar-refractivity contribution in [3.63, 3.8) is 0 Å². The molecular formula is C17H17ClF2O4. The standard InChI is InChI=1S/C17H17ClF2O4/c1-24-14(22)9-5-6-16(7-12(9)21)8-17(23,15(19)20)13-10(16)3-2-4-11(13)18/h2-4,9,15,23H,5-8H2,1H3/t9?,16-,17?/m0/s1. The Balaban J connectivity index is 2.04. The number of aliphatic hydroxyl groups is 1. The maximum atomic E-state index is 13.6. The van der Waals surface area contributed by atoms with Gasteiger partial charge in [-0.15, -0.1) is 0 Å². The molecular weight excluding hydrogens is 342 g/mol. The number of ether oxygens (including phenoxy) is 1. The molecule has 0 aliphatic heterocycles. The van der Waals surface area contributed by atoms with Crippen molar-refractivity contribution < 1.29 is 28.2 Å². The number of carbonyl (C=O) groups excluding carboxylic acids is 2. The summed E-state index contributed by atoms with van der Waals surface area (Å²) in [7, 11) is 1.21. The summed E-state index contributed by atoms with van der Waals surface area (Å²) in [5.74, 6) is -1.83. The van der Waals surface area contributed by atoms with Gasteiger partial charge in [-0.3, -0.25) is 9.59 Å². The second kappa shape index (κ2) is 5.77. The molecule has 0 heterocycles. The molecule has 24 heavy (non-hydrogen) atoms. The number of rotatable bonds is 2. The summed E-state index contributed by atoms with van der Waals surface area (Å²) in [5.41, 5.74) is -2.82. The van der Waals surface area contributed by atoms with Gasteiger partial charge in [0.15, 0.2) is 5.60 Å². The number of carbonyl (C=O) groups is 2. The number of fused-ring (bicyclic) bond motifs is 2. The summed E-state index contributed by atoms with van der Waals surface area (Å²) in [5, 5.41) is 10.7. The fraction of sp³-hybridized carbons (Fsp3) is 0.529. The summed E-state index contributed by atoms with van der Waals surface area (Å²) in [4.78, 5) is 24.1. The highest BCUT2D eigenvalue weighted by molar-refractivity contribution is 6.31. The molecule has 130 valence electrons. The minimum atomic E-state index is -3.02. The molecule has 0 aromatic heterocycles. The van der Waals surface area contributed by atoms with Gasteiger partial charge in [0.25, 0.3) is 6.43 Å². The van der Waals surface area contributed by atoms with E-state index in [9.17, 15) is 23.5 Å². The average molecular weight is 359 g/mol. The highest BCUT2D eigenvalue weighted by Crippen LogP contribution is 2.58. The topological polar surface area (TPSA) is 63.6 Å². The molecule has 2 unspecified atom stereocenters. The van der Waals surface area contributed by atoms with Crippen LogP contribution in [0.1, 0.15) is 36.8 Å². The van der Waals surface area contributed by atoms with Crippen molar-refractivity contribution in [1.82, 2.24) is 0 Å². The van der Waals surface area contributed by atoms with Crippen LogP contribution in [0, 0.1) is 5.92 Å². The highest BCUT2D eigenvalue weighted by atomic mass is 35.5. The second-order valence-corrected chi connectivity index (χ2v) is 7.01. The fourth-order valence-corrected chi connectivity index (χ4v) is 4.53. The minimum absolute atomic E-state index is 0.00554. The Labute approximate surface area is 142 Å². The van der Waals surface area contributed by atoms with E-state index >= 15 is 0 Å². The Morgan fingerprint density at radius 1 is 1.46 bits per heavy atom. The van der Waals surface area contributed by atoms with Gasteiger partial charge in [-0.1, -0.05) is 23.7 Å². The van der Waals surface area contributed by atoms with Crippen molar-refractivity contribution in [3.8, 4) is 0 Å². The quantitative estimate of drug-likeness (QED) is 0.652. The number of esters is 1. The van der Waals surface area contributed by atoms with Crippen LogP contribution in [0.5, 0.6) is 0 Å². The summed E-state index contributed by atoms with van der Waals surface area (Å²) < 4.78 is 31.8. The van der Waals surface area contributed by atoms with Gasteiger partial charge in [-0.05, 0) is 30.9 Å². The molecule has 1 aromatic carbocycles. The predicted molar refractivity (Wildman–Crippen MR) is 82.0 cm³/mol. The maximum Gasteiger partial charge on any atom is 0.316 e. The second-order valence-electron chi connectivity index (χ2n) is 6.60. The lowest BCUT2D eigenvalue weighted by Crippen LogP contribution is -2.42. The highest BCUT2D eigenvalue weighted by Gasteiger charge is 2.59. The van der Waals surface area contributed by atoms with Crippen LogP contribution in [0.25, 0.3) is 0 Å². The normalized spacial score (nSPS) is 32.2. The van der Waals surface area contributed by atoms with Crippen molar-refractivity contribution in [2.75, 3.05) is 7.11 Å². The fourth-order valence-electron chi connectivity index (χ4n) is 4.19. The Morgan fingerprint density at radius 2 is 2.17 bits per heavy atom. The smallest absolute Gasteiger partial charge is 0.316 e. The van der Waals surface area contributed by atoms with Crippen LogP contribution in [0.4, 0.5) is 8.78 Å². The summed E-state index contributed by atoms with van der Waals surface area (Å²) in [6, 6.07) is 4.71. The molecule has 0 bridgehead atoms. The Morgan fingerprint density at radius 3 is 2.75 bits per heavy atom. The van der Waals surface area contributed by atoms with Crippen LogP contribution < -0.4 is 0 Å². The zero-order chi connectivity index (χ0) is 17.7. The van der Waals surface area contributed by atoms with E-state index < -0.39 is 29.3 Å². The first-order chi connectivity index (χ1) is 11.2. The van der Waals surface area contributed by atoms with Crippen molar-refractivity contribution in [3.05, 3.63) is 34.3 Å². The summed E-state index contributed by atoms with van der Waals surface area (Å²) in [6.45, 7) is 0. The van der Waals surface area contributed by atoms with Gasteiger partial charge in [-0.25, -0.2) is 8.78 Å². The third-order valence-corrected chi connectivity index (χ3v) is 5.60. The van der Waals surface area contributed by atoms with Crippen molar-refractivity contribution >= 4 is 23.4 Å². The number of Topliss-reactive ketones (excluding diaryl/α,β-unsaturated/α-hetero) is 1. The molecule has 7 heteroatoms. The lowest BCUT2D eigenvalue weighted by molar-refractivity contribution is -0.152. The summed E-state index contributed by atoms with van der Waals surface area (Å²) in [6.07, 6.45) is -2.85. The number of methoxy groups -OCH3 is 1. The van der Waals surface area contributed by atoms with Crippen molar-refractivity contribution in [1.29, 1.82) is 0 Å². The van der Waals surface area contributed by atoms with Gasteiger partial charge in [0.05, 0.1) is 7.11 Å². The van der Waals surface area contributed by atoms with Crippen LogP contribution >= 0.6 is 11.6 Å². The van der Waals surface area contributed by atoms with E-state index in [2.05, 4.69) is 4.74 Å². The zero-order valence-electron chi connectivity index (χ0n) is 13.0. The number of benzene rings is 1. The number of ketones is 1. The van der Waals surface area contributed by atoms with Gasteiger partial charge >= 0.3 is 5.97 Å². The van der Waals surface area contributed by atoms with Gasteiger partial charge < -0.3 is 9.84 Å². The number of hydrogen-bond donors (Lipinski definition) is 1. The molecule has 0 radical (unpaired) electrons. The lowest BCUT2D eigenvalue weighted by Gasteiger charge is -2.37. The van der Waals surface area contributed by atoms with Crippen LogP contribution in [0.3, 0.4) is 0 Å². The van der Waals surface area contributed by atoms with E-state index in [1.807, 2.05) is 0 Å². The predicted octanol–water partition coefficient (Wildman–Crippen LogP) is 2.98.